The van der Waals surface area contributed by atoms with Gasteiger partial charge in [-0.1, -0.05) is 58.8 Å². The van der Waals surface area contributed by atoms with Gasteiger partial charge in [0.05, 0.1) is 25.9 Å². The van der Waals surface area contributed by atoms with E-state index in [0.29, 0.717) is 26.1 Å². The van der Waals surface area contributed by atoms with Gasteiger partial charge in [0, 0.05) is 6.42 Å². The van der Waals surface area contributed by atoms with E-state index in [0.717, 1.165) is 25.7 Å². The van der Waals surface area contributed by atoms with Gasteiger partial charge in [0.2, 0.25) is 0 Å². The van der Waals surface area contributed by atoms with Crippen molar-refractivity contribution in [3.8, 4) is 0 Å². The summed E-state index contributed by atoms with van der Waals surface area (Å²) in [5.74, 6) is -0.123. The van der Waals surface area contributed by atoms with Crippen molar-refractivity contribution in [3.63, 3.8) is 0 Å². The number of aliphatic hydroxyl groups excluding tert-OH is 1. The fourth-order valence-corrected chi connectivity index (χ4v) is 2.40. The SMILES string of the molecule is CCCCCCOC(=O)CCC(CCCCCC)OCCO. The first-order chi connectivity index (χ1) is 10.7. The number of carbonyl (C=O) groups excluding carboxylic acids is 1. The molecule has 0 amide bonds. The number of carbonyl (C=O) groups is 1. The molecule has 22 heavy (non-hydrogen) atoms. The van der Waals surface area contributed by atoms with Gasteiger partial charge in [-0.15, -0.1) is 0 Å². The molecule has 1 unspecified atom stereocenters. The summed E-state index contributed by atoms with van der Waals surface area (Å²) in [7, 11) is 0. The third-order valence-electron chi connectivity index (χ3n) is 3.76. The van der Waals surface area contributed by atoms with Gasteiger partial charge in [-0.25, -0.2) is 0 Å². The van der Waals surface area contributed by atoms with E-state index in [1.165, 1.54) is 32.1 Å². The minimum atomic E-state index is -0.123. The second kappa shape index (κ2) is 16.8. The Labute approximate surface area is 136 Å². The zero-order valence-electron chi connectivity index (χ0n) is 14.6. The summed E-state index contributed by atoms with van der Waals surface area (Å²) >= 11 is 0. The van der Waals surface area contributed by atoms with E-state index in [2.05, 4.69) is 13.8 Å². The third-order valence-corrected chi connectivity index (χ3v) is 3.76. The van der Waals surface area contributed by atoms with Crippen LogP contribution in [0.5, 0.6) is 0 Å². The van der Waals surface area contributed by atoms with Crippen molar-refractivity contribution < 1.29 is 19.4 Å². The Balaban J connectivity index is 3.76. The zero-order chi connectivity index (χ0) is 16.5. The molecule has 0 bridgehead atoms. The molecule has 0 fully saturated rings. The minimum absolute atomic E-state index is 0.0351. The van der Waals surface area contributed by atoms with E-state index < -0.39 is 0 Å². The lowest BCUT2D eigenvalue weighted by molar-refractivity contribution is -0.144. The maximum absolute atomic E-state index is 11.7. The highest BCUT2D eigenvalue weighted by atomic mass is 16.5. The quantitative estimate of drug-likeness (QED) is 0.342. The molecule has 0 spiro atoms. The maximum Gasteiger partial charge on any atom is 0.305 e. The van der Waals surface area contributed by atoms with E-state index in [1.807, 2.05) is 0 Å². The van der Waals surface area contributed by atoms with Crippen LogP contribution < -0.4 is 0 Å². The van der Waals surface area contributed by atoms with Gasteiger partial charge in [0.25, 0.3) is 0 Å². The van der Waals surface area contributed by atoms with Gasteiger partial charge < -0.3 is 14.6 Å². The molecule has 0 aliphatic rings. The lowest BCUT2D eigenvalue weighted by Gasteiger charge is -2.17. The molecule has 0 rings (SSSR count). The Morgan fingerprint density at radius 1 is 0.909 bits per heavy atom. The second-order valence-electron chi connectivity index (χ2n) is 5.89. The molecule has 0 aliphatic carbocycles. The Bertz CT molecular complexity index is 243. The average molecular weight is 316 g/mol. The van der Waals surface area contributed by atoms with Crippen molar-refractivity contribution in [1.29, 1.82) is 0 Å². The molecule has 0 radical (unpaired) electrons. The largest absolute Gasteiger partial charge is 0.466 e. The molecule has 4 nitrogen and oxygen atoms in total. The average Bonchev–Trinajstić information content (AvgIpc) is 2.53. The molecular weight excluding hydrogens is 280 g/mol. The van der Waals surface area contributed by atoms with E-state index >= 15 is 0 Å². The summed E-state index contributed by atoms with van der Waals surface area (Å²) in [6, 6.07) is 0. The van der Waals surface area contributed by atoms with Gasteiger partial charge in [-0.3, -0.25) is 4.79 Å². The number of unbranched alkanes of at least 4 members (excludes halogenated alkanes) is 6. The van der Waals surface area contributed by atoms with Crippen molar-refractivity contribution in [2.45, 2.75) is 90.6 Å². The number of hydrogen-bond donors (Lipinski definition) is 1. The lowest BCUT2D eigenvalue weighted by Crippen LogP contribution is -2.18. The van der Waals surface area contributed by atoms with Crippen LogP contribution >= 0.6 is 0 Å². The van der Waals surface area contributed by atoms with Crippen molar-refractivity contribution in [1.82, 2.24) is 0 Å². The van der Waals surface area contributed by atoms with Crippen LogP contribution in [0.15, 0.2) is 0 Å². The molecule has 0 saturated carbocycles. The van der Waals surface area contributed by atoms with Gasteiger partial charge in [0.15, 0.2) is 0 Å². The molecular formula is C18H36O4. The highest BCUT2D eigenvalue weighted by molar-refractivity contribution is 5.69. The number of esters is 1. The first-order valence-electron chi connectivity index (χ1n) is 9.12. The molecule has 132 valence electrons. The highest BCUT2D eigenvalue weighted by Gasteiger charge is 2.12. The van der Waals surface area contributed by atoms with E-state index in [9.17, 15) is 4.79 Å². The van der Waals surface area contributed by atoms with Gasteiger partial charge in [-0.05, 0) is 19.3 Å². The summed E-state index contributed by atoms with van der Waals surface area (Å²) in [4.78, 5) is 11.7. The summed E-state index contributed by atoms with van der Waals surface area (Å²) in [6.45, 7) is 5.28. The Morgan fingerprint density at radius 3 is 2.23 bits per heavy atom. The van der Waals surface area contributed by atoms with Crippen LogP contribution in [0, 0.1) is 0 Å². The lowest BCUT2D eigenvalue weighted by atomic mass is 10.1. The van der Waals surface area contributed by atoms with E-state index in [-0.39, 0.29) is 18.7 Å². The first-order valence-corrected chi connectivity index (χ1v) is 9.12. The highest BCUT2D eigenvalue weighted by Crippen LogP contribution is 2.13. The molecule has 1 atom stereocenters. The molecule has 0 aromatic heterocycles. The van der Waals surface area contributed by atoms with Crippen molar-refractivity contribution in [2.24, 2.45) is 0 Å². The van der Waals surface area contributed by atoms with E-state index in [4.69, 9.17) is 14.6 Å². The van der Waals surface area contributed by atoms with Crippen LogP contribution in [0.25, 0.3) is 0 Å². The fraction of sp³-hybridized carbons (Fsp3) is 0.944. The molecule has 1 N–H and O–H groups in total. The van der Waals surface area contributed by atoms with Crippen LogP contribution in [0.1, 0.15) is 84.5 Å². The Hall–Kier alpha value is -0.610. The molecule has 0 aromatic carbocycles. The minimum Gasteiger partial charge on any atom is -0.466 e. The second-order valence-corrected chi connectivity index (χ2v) is 5.89. The molecule has 0 aliphatic heterocycles. The standard InChI is InChI=1S/C18H36O4/c1-3-5-7-9-11-17(21-16-14-19)12-13-18(20)22-15-10-8-6-4-2/h17,19H,3-16H2,1-2H3. The summed E-state index contributed by atoms with van der Waals surface area (Å²) in [6.07, 6.45) is 11.4. The molecule has 0 saturated heterocycles. The van der Waals surface area contributed by atoms with Crippen molar-refractivity contribution >= 4 is 5.97 Å². The number of aliphatic hydroxyl groups is 1. The topological polar surface area (TPSA) is 55.8 Å². The summed E-state index contributed by atoms with van der Waals surface area (Å²) in [5, 5.41) is 8.87. The summed E-state index contributed by atoms with van der Waals surface area (Å²) < 4.78 is 10.9. The molecule has 0 aromatic rings. The van der Waals surface area contributed by atoms with Crippen LogP contribution in [0.4, 0.5) is 0 Å². The van der Waals surface area contributed by atoms with E-state index in [1.54, 1.807) is 0 Å². The van der Waals surface area contributed by atoms with Crippen LogP contribution in [0.2, 0.25) is 0 Å². The number of ether oxygens (including phenoxy) is 2. The smallest absolute Gasteiger partial charge is 0.305 e. The normalized spacial score (nSPS) is 12.3. The Kier molecular flexibility index (Phi) is 16.3. The number of rotatable bonds is 16. The van der Waals surface area contributed by atoms with Crippen LogP contribution in [0.3, 0.4) is 0 Å². The fourth-order valence-electron chi connectivity index (χ4n) is 2.40. The van der Waals surface area contributed by atoms with Gasteiger partial charge in [-0.2, -0.15) is 0 Å². The summed E-state index contributed by atoms with van der Waals surface area (Å²) in [5.41, 5.74) is 0. The third kappa shape index (κ3) is 14.3. The van der Waals surface area contributed by atoms with Crippen molar-refractivity contribution in [3.05, 3.63) is 0 Å². The monoisotopic (exact) mass is 316 g/mol. The van der Waals surface area contributed by atoms with Gasteiger partial charge in [0.1, 0.15) is 0 Å². The Morgan fingerprint density at radius 2 is 1.59 bits per heavy atom. The first kappa shape index (κ1) is 21.4. The maximum atomic E-state index is 11.7. The predicted octanol–water partition coefficient (Wildman–Crippen LogP) is 4.24. The zero-order valence-corrected chi connectivity index (χ0v) is 14.6. The van der Waals surface area contributed by atoms with Crippen LogP contribution in [-0.4, -0.2) is 37.0 Å². The predicted molar refractivity (Wildman–Crippen MR) is 89.9 cm³/mol. The number of hydrogen-bond acceptors (Lipinski definition) is 4. The van der Waals surface area contributed by atoms with Gasteiger partial charge >= 0.3 is 5.97 Å². The van der Waals surface area contributed by atoms with Crippen molar-refractivity contribution in [2.75, 3.05) is 19.8 Å². The molecule has 4 heteroatoms. The van der Waals surface area contributed by atoms with Crippen LogP contribution in [-0.2, 0) is 14.3 Å². The molecule has 0 heterocycles.